The van der Waals surface area contributed by atoms with Gasteiger partial charge in [-0.05, 0) is 38.8 Å². The van der Waals surface area contributed by atoms with Gasteiger partial charge in [0, 0.05) is 23.9 Å². The average molecular weight is 238 g/mol. The van der Waals surface area contributed by atoms with Crippen LogP contribution in [0.3, 0.4) is 0 Å². The predicted octanol–water partition coefficient (Wildman–Crippen LogP) is 2.47. The maximum Gasteiger partial charge on any atom is 0.269 e. The summed E-state index contributed by atoms with van der Waals surface area (Å²) >= 11 is 0. The van der Waals surface area contributed by atoms with E-state index in [1.54, 1.807) is 13.0 Å². The van der Waals surface area contributed by atoms with Gasteiger partial charge in [-0.1, -0.05) is 0 Å². The second kappa shape index (κ2) is 5.63. The molecule has 94 valence electrons. The molecule has 0 bridgehead atoms. The van der Waals surface area contributed by atoms with Gasteiger partial charge in [-0.2, -0.15) is 0 Å². The first-order valence-corrected chi connectivity index (χ1v) is 5.59. The molecule has 0 aliphatic carbocycles. The minimum absolute atomic E-state index is 0.0937. The van der Waals surface area contributed by atoms with Crippen molar-refractivity contribution >= 4 is 11.4 Å². The number of benzene rings is 1. The van der Waals surface area contributed by atoms with Crippen LogP contribution < -0.4 is 5.32 Å². The average Bonchev–Trinajstić information content (AvgIpc) is 2.19. The highest BCUT2D eigenvalue weighted by Crippen LogP contribution is 2.22. The molecule has 2 unspecified atom stereocenters. The van der Waals surface area contributed by atoms with Crippen LogP contribution in [0.5, 0.6) is 0 Å². The number of hydrogen-bond acceptors (Lipinski definition) is 4. The number of nitro benzene ring substituents is 1. The molecular weight excluding hydrogens is 220 g/mol. The van der Waals surface area contributed by atoms with E-state index in [0.717, 1.165) is 11.3 Å². The van der Waals surface area contributed by atoms with Crippen molar-refractivity contribution in [2.75, 3.05) is 5.32 Å². The summed E-state index contributed by atoms with van der Waals surface area (Å²) in [6.07, 6.45) is 0.270. The van der Waals surface area contributed by atoms with Gasteiger partial charge in [0.1, 0.15) is 0 Å². The number of rotatable bonds is 5. The summed E-state index contributed by atoms with van der Waals surface area (Å²) in [7, 11) is 0. The van der Waals surface area contributed by atoms with Gasteiger partial charge >= 0.3 is 0 Å². The molecule has 0 aromatic heterocycles. The number of nitrogens with zero attached hydrogens (tertiary/aromatic N) is 1. The smallest absolute Gasteiger partial charge is 0.269 e. The highest BCUT2D eigenvalue weighted by molar-refractivity contribution is 5.55. The summed E-state index contributed by atoms with van der Waals surface area (Å²) in [4.78, 5) is 10.2. The highest BCUT2D eigenvalue weighted by atomic mass is 16.6. The van der Waals surface area contributed by atoms with Gasteiger partial charge in [0.25, 0.3) is 5.69 Å². The van der Waals surface area contributed by atoms with Crippen LogP contribution >= 0.6 is 0 Å². The number of aliphatic hydroxyl groups excluding tert-OH is 1. The fourth-order valence-corrected chi connectivity index (χ4v) is 1.76. The number of nitro groups is 1. The SMILES string of the molecule is Cc1cc([N+](=O)[O-])ccc1NC(C)CC(C)O. The van der Waals surface area contributed by atoms with E-state index in [4.69, 9.17) is 0 Å². The summed E-state index contributed by atoms with van der Waals surface area (Å²) < 4.78 is 0. The fraction of sp³-hybridized carbons (Fsp3) is 0.500. The second-order valence-corrected chi connectivity index (χ2v) is 4.39. The van der Waals surface area contributed by atoms with Gasteiger partial charge in [-0.25, -0.2) is 0 Å². The van der Waals surface area contributed by atoms with Crippen LogP contribution in [0.2, 0.25) is 0 Å². The van der Waals surface area contributed by atoms with Gasteiger partial charge in [0.2, 0.25) is 0 Å². The van der Waals surface area contributed by atoms with E-state index in [1.165, 1.54) is 12.1 Å². The van der Waals surface area contributed by atoms with Crippen LogP contribution in [0.1, 0.15) is 25.8 Å². The first-order valence-electron chi connectivity index (χ1n) is 5.59. The van der Waals surface area contributed by atoms with Crippen LogP contribution in [0.4, 0.5) is 11.4 Å². The Bertz CT molecular complexity index is 405. The zero-order chi connectivity index (χ0) is 13.0. The van der Waals surface area contributed by atoms with Gasteiger partial charge < -0.3 is 10.4 Å². The van der Waals surface area contributed by atoms with Gasteiger partial charge in [-0.15, -0.1) is 0 Å². The Morgan fingerprint density at radius 3 is 2.59 bits per heavy atom. The number of aryl methyl sites for hydroxylation is 1. The zero-order valence-electron chi connectivity index (χ0n) is 10.3. The summed E-state index contributed by atoms with van der Waals surface area (Å²) in [6.45, 7) is 5.53. The van der Waals surface area contributed by atoms with E-state index in [1.807, 2.05) is 13.8 Å². The molecule has 0 radical (unpaired) electrons. The van der Waals surface area contributed by atoms with Crippen molar-refractivity contribution in [1.29, 1.82) is 0 Å². The topological polar surface area (TPSA) is 75.4 Å². The summed E-state index contributed by atoms with van der Waals surface area (Å²) in [6, 6.07) is 4.84. The molecule has 17 heavy (non-hydrogen) atoms. The molecule has 0 heterocycles. The molecule has 2 atom stereocenters. The van der Waals surface area contributed by atoms with Crippen LogP contribution in [-0.2, 0) is 0 Å². The Morgan fingerprint density at radius 2 is 2.12 bits per heavy atom. The third kappa shape index (κ3) is 4.03. The van der Waals surface area contributed by atoms with E-state index in [2.05, 4.69) is 5.32 Å². The van der Waals surface area contributed by atoms with E-state index in [9.17, 15) is 15.2 Å². The lowest BCUT2D eigenvalue weighted by molar-refractivity contribution is -0.384. The molecule has 0 aliphatic heterocycles. The van der Waals surface area contributed by atoms with Crippen molar-refractivity contribution in [3.05, 3.63) is 33.9 Å². The van der Waals surface area contributed by atoms with E-state index >= 15 is 0 Å². The maximum atomic E-state index is 10.6. The fourth-order valence-electron chi connectivity index (χ4n) is 1.76. The third-order valence-corrected chi connectivity index (χ3v) is 2.52. The Kier molecular flexibility index (Phi) is 4.45. The lowest BCUT2D eigenvalue weighted by Gasteiger charge is -2.18. The monoisotopic (exact) mass is 238 g/mol. The first kappa shape index (κ1) is 13.4. The molecule has 5 heteroatoms. The predicted molar refractivity (Wildman–Crippen MR) is 67.2 cm³/mol. The van der Waals surface area contributed by atoms with Crippen molar-refractivity contribution in [3.63, 3.8) is 0 Å². The molecule has 0 saturated heterocycles. The van der Waals surface area contributed by atoms with Crippen molar-refractivity contribution < 1.29 is 10.0 Å². The first-order chi connectivity index (χ1) is 7.90. The van der Waals surface area contributed by atoms with Crippen LogP contribution in [0.25, 0.3) is 0 Å². The molecule has 1 aromatic carbocycles. The summed E-state index contributed by atoms with van der Waals surface area (Å²) in [5.41, 5.74) is 1.79. The quantitative estimate of drug-likeness (QED) is 0.610. The van der Waals surface area contributed by atoms with E-state index < -0.39 is 4.92 Å². The number of anilines is 1. The molecule has 0 amide bonds. The maximum absolute atomic E-state index is 10.6. The molecule has 1 rings (SSSR count). The molecule has 2 N–H and O–H groups in total. The van der Waals surface area contributed by atoms with Gasteiger partial charge in [-0.3, -0.25) is 10.1 Å². The highest BCUT2D eigenvalue weighted by Gasteiger charge is 2.10. The number of nitrogens with one attached hydrogen (secondary N) is 1. The zero-order valence-corrected chi connectivity index (χ0v) is 10.3. The minimum Gasteiger partial charge on any atom is -0.393 e. The number of hydrogen-bond donors (Lipinski definition) is 2. The molecule has 1 aromatic rings. The Hall–Kier alpha value is -1.62. The lowest BCUT2D eigenvalue weighted by atomic mass is 10.1. The van der Waals surface area contributed by atoms with Crippen LogP contribution in [0, 0.1) is 17.0 Å². The summed E-state index contributed by atoms with van der Waals surface area (Å²) in [5.74, 6) is 0. The second-order valence-electron chi connectivity index (χ2n) is 4.39. The van der Waals surface area contributed by atoms with Crippen molar-refractivity contribution in [1.82, 2.24) is 0 Å². The van der Waals surface area contributed by atoms with Gasteiger partial charge in [0.05, 0.1) is 11.0 Å². The molecular formula is C12H18N2O3. The van der Waals surface area contributed by atoms with Gasteiger partial charge in [0.15, 0.2) is 0 Å². The number of non-ortho nitro benzene ring substituents is 1. The Labute approximate surface area is 101 Å². The van der Waals surface area contributed by atoms with E-state index in [0.29, 0.717) is 6.42 Å². The molecule has 0 saturated carbocycles. The molecule has 5 nitrogen and oxygen atoms in total. The summed E-state index contributed by atoms with van der Waals surface area (Å²) in [5, 5.41) is 23.1. The largest absolute Gasteiger partial charge is 0.393 e. The van der Waals surface area contributed by atoms with Crippen LogP contribution in [-0.4, -0.2) is 22.2 Å². The standard InChI is InChI=1S/C12H18N2O3/c1-8-6-11(14(16)17)4-5-12(8)13-9(2)7-10(3)15/h4-6,9-10,13,15H,7H2,1-3H3. The lowest BCUT2D eigenvalue weighted by Crippen LogP contribution is -2.21. The molecule has 0 fully saturated rings. The van der Waals surface area contributed by atoms with Crippen LogP contribution in [0.15, 0.2) is 18.2 Å². The Balaban J connectivity index is 2.75. The Morgan fingerprint density at radius 1 is 1.47 bits per heavy atom. The molecule has 0 spiro atoms. The van der Waals surface area contributed by atoms with E-state index in [-0.39, 0.29) is 17.8 Å². The van der Waals surface area contributed by atoms with Crippen molar-refractivity contribution in [3.8, 4) is 0 Å². The number of aliphatic hydroxyl groups is 1. The normalized spacial score (nSPS) is 14.1. The van der Waals surface area contributed by atoms with Crippen molar-refractivity contribution in [2.24, 2.45) is 0 Å². The minimum atomic E-state index is -0.407. The van der Waals surface area contributed by atoms with Crippen molar-refractivity contribution in [2.45, 2.75) is 39.3 Å². The molecule has 0 aliphatic rings. The third-order valence-electron chi connectivity index (χ3n) is 2.52.